The van der Waals surface area contributed by atoms with Gasteiger partial charge >= 0.3 is 0 Å². The van der Waals surface area contributed by atoms with Crippen molar-refractivity contribution in [3.63, 3.8) is 0 Å². The summed E-state index contributed by atoms with van der Waals surface area (Å²) >= 11 is 0. The molecule has 0 N–H and O–H groups in total. The van der Waals surface area contributed by atoms with E-state index in [1.165, 1.54) is 32.7 Å². The molecule has 0 unspecified atom stereocenters. The molecule has 11 aromatic carbocycles. The Kier molecular flexibility index (Phi) is 9.78. The number of para-hydroxylation sites is 6. The quantitative estimate of drug-likeness (QED) is 0.152. The van der Waals surface area contributed by atoms with Crippen molar-refractivity contribution in [3.8, 4) is 73.5 Å². The topological polar surface area (TPSA) is 53.5 Å². The van der Waals surface area contributed by atoms with Crippen LogP contribution in [0.2, 0.25) is 0 Å². The second-order valence-electron chi connectivity index (χ2n) is 19.2. The van der Waals surface area contributed by atoms with Crippen LogP contribution in [-0.2, 0) is 0 Å². The number of nitrogens with zero attached hydrogens (tertiary/aromatic N) is 6. The van der Waals surface area contributed by atoms with E-state index in [4.69, 9.17) is 15.0 Å². The summed E-state index contributed by atoms with van der Waals surface area (Å²) in [6, 6.07) is 95.4. The average molecular weight is 957 g/mol. The molecule has 4 aromatic heterocycles. The highest BCUT2D eigenvalue weighted by Gasteiger charge is 2.21. The molecule has 350 valence electrons. The minimum absolute atomic E-state index is 0.549. The Morgan fingerprint density at radius 3 is 1.13 bits per heavy atom. The third-order valence-electron chi connectivity index (χ3n) is 14.9. The van der Waals surface area contributed by atoms with Gasteiger partial charge in [0, 0.05) is 54.7 Å². The van der Waals surface area contributed by atoms with Gasteiger partial charge in [0.2, 0.25) is 5.95 Å². The van der Waals surface area contributed by atoms with E-state index in [2.05, 4.69) is 281 Å². The Balaban J connectivity index is 0.938. The van der Waals surface area contributed by atoms with Gasteiger partial charge in [-0.3, -0.25) is 4.57 Å². The molecule has 0 aliphatic rings. The zero-order valence-electron chi connectivity index (χ0n) is 40.6. The predicted octanol–water partition coefficient (Wildman–Crippen LogP) is 17.5. The van der Waals surface area contributed by atoms with Crippen LogP contribution in [0.15, 0.2) is 267 Å². The molecule has 0 bridgehead atoms. The van der Waals surface area contributed by atoms with E-state index < -0.39 is 0 Å². The van der Waals surface area contributed by atoms with Crippen molar-refractivity contribution in [2.75, 3.05) is 0 Å². The van der Waals surface area contributed by atoms with Gasteiger partial charge in [0.1, 0.15) is 0 Å². The van der Waals surface area contributed by atoms with Gasteiger partial charge < -0.3 is 9.13 Å². The highest BCUT2D eigenvalue weighted by Crippen LogP contribution is 2.41. The molecule has 0 fully saturated rings. The molecule has 15 rings (SSSR count). The van der Waals surface area contributed by atoms with Gasteiger partial charge in [0.15, 0.2) is 11.6 Å². The van der Waals surface area contributed by atoms with E-state index in [0.717, 1.165) is 88.6 Å². The Bertz CT molecular complexity index is 4570. The first-order valence-electron chi connectivity index (χ1n) is 25.4. The summed E-state index contributed by atoms with van der Waals surface area (Å²) in [4.78, 5) is 16.2. The molecule has 0 saturated carbocycles. The van der Waals surface area contributed by atoms with Gasteiger partial charge in [0.05, 0.1) is 38.8 Å². The summed E-state index contributed by atoms with van der Waals surface area (Å²) in [5.41, 5.74) is 17.3. The number of rotatable bonds is 8. The number of hydrogen-bond donors (Lipinski definition) is 0. The molecule has 15 aromatic rings. The Hall–Kier alpha value is -10.2. The maximum Gasteiger partial charge on any atom is 0.238 e. The summed E-state index contributed by atoms with van der Waals surface area (Å²) in [6.07, 6.45) is 0. The van der Waals surface area contributed by atoms with E-state index in [0.29, 0.717) is 17.6 Å². The Morgan fingerprint density at radius 1 is 0.227 bits per heavy atom. The molecule has 0 saturated heterocycles. The van der Waals surface area contributed by atoms with E-state index >= 15 is 0 Å². The van der Waals surface area contributed by atoms with Crippen LogP contribution in [0.5, 0.6) is 0 Å². The minimum atomic E-state index is 0.549. The monoisotopic (exact) mass is 956 g/mol. The number of hydrogen-bond acceptors (Lipinski definition) is 3. The van der Waals surface area contributed by atoms with E-state index in [1.807, 2.05) is 0 Å². The second-order valence-corrected chi connectivity index (χ2v) is 19.2. The van der Waals surface area contributed by atoms with Gasteiger partial charge in [-0.05, 0) is 94.5 Å². The van der Waals surface area contributed by atoms with Crippen molar-refractivity contribution in [2.24, 2.45) is 0 Å². The van der Waals surface area contributed by atoms with Crippen molar-refractivity contribution in [2.45, 2.75) is 0 Å². The second kappa shape index (κ2) is 17.3. The van der Waals surface area contributed by atoms with Crippen molar-refractivity contribution in [1.82, 2.24) is 28.7 Å². The maximum absolute atomic E-state index is 5.43. The van der Waals surface area contributed by atoms with Crippen LogP contribution in [0.3, 0.4) is 0 Å². The SMILES string of the molecule is c1ccc(-c2cccc(-c3ccc(-c4cccc(-c5nc(-c6cccc(-n7c8ccccc8c8ccccc87)c6)nc(-n6c7ccccc7c7ccccc76)n5)c4)c(-n4c5ccccc5c5ccccc54)c3)c2)cc1. The molecule has 0 aliphatic heterocycles. The van der Waals surface area contributed by atoms with Crippen LogP contribution in [-0.4, -0.2) is 28.7 Å². The molecule has 4 heterocycles. The largest absolute Gasteiger partial charge is 0.309 e. The first-order chi connectivity index (χ1) is 37.2. The fourth-order valence-electron chi connectivity index (χ4n) is 11.5. The van der Waals surface area contributed by atoms with E-state index in [1.54, 1.807) is 0 Å². The van der Waals surface area contributed by atoms with Crippen LogP contribution < -0.4 is 0 Å². The van der Waals surface area contributed by atoms with Gasteiger partial charge in [0.25, 0.3) is 0 Å². The number of aromatic nitrogens is 6. The fraction of sp³-hybridized carbons (Fsp3) is 0. The molecular formula is C69H44N6. The molecular weight excluding hydrogens is 913 g/mol. The summed E-state index contributed by atoms with van der Waals surface area (Å²) in [6.45, 7) is 0. The lowest BCUT2D eigenvalue weighted by atomic mass is 9.95. The van der Waals surface area contributed by atoms with Crippen LogP contribution in [0, 0.1) is 0 Å². The standard InChI is InChI=1S/C69H44N6/c1-2-19-45(20-3-1)46-21-16-22-47(41-46)48-39-40-53(66(44-48)74-62-35-12-6-29-56(62)57-30-7-13-36-63(57)74)49-23-17-24-50(42-49)67-70-68(72-69(71-67)75-64-37-14-8-31-58(64)59-32-9-15-38-65(59)75)51-25-18-26-52(43-51)73-60-33-10-4-27-54(60)55-28-5-11-34-61(55)73/h1-44H. The summed E-state index contributed by atoms with van der Waals surface area (Å²) in [5.74, 6) is 1.71. The highest BCUT2D eigenvalue weighted by molar-refractivity contribution is 6.11. The van der Waals surface area contributed by atoms with E-state index in [-0.39, 0.29) is 0 Å². The normalized spacial score (nSPS) is 11.7. The lowest BCUT2D eigenvalue weighted by Crippen LogP contribution is -2.06. The maximum atomic E-state index is 5.43. The van der Waals surface area contributed by atoms with Crippen LogP contribution in [0.25, 0.3) is 139 Å². The zero-order valence-corrected chi connectivity index (χ0v) is 40.6. The minimum Gasteiger partial charge on any atom is -0.309 e. The van der Waals surface area contributed by atoms with Gasteiger partial charge in [-0.2, -0.15) is 9.97 Å². The van der Waals surface area contributed by atoms with Gasteiger partial charge in [-0.25, -0.2) is 4.98 Å². The van der Waals surface area contributed by atoms with Gasteiger partial charge in [-0.1, -0.05) is 200 Å². The molecule has 0 spiro atoms. The predicted molar refractivity (Wildman–Crippen MR) is 310 cm³/mol. The lowest BCUT2D eigenvalue weighted by Gasteiger charge is -2.17. The van der Waals surface area contributed by atoms with Crippen LogP contribution in [0.4, 0.5) is 0 Å². The first kappa shape index (κ1) is 42.5. The first-order valence-corrected chi connectivity index (χ1v) is 25.4. The van der Waals surface area contributed by atoms with Gasteiger partial charge in [-0.15, -0.1) is 0 Å². The van der Waals surface area contributed by atoms with Crippen LogP contribution in [0.1, 0.15) is 0 Å². The van der Waals surface area contributed by atoms with Crippen molar-refractivity contribution >= 4 is 65.4 Å². The molecule has 0 atom stereocenters. The van der Waals surface area contributed by atoms with Crippen molar-refractivity contribution in [3.05, 3.63) is 267 Å². The molecule has 6 heteroatoms. The molecule has 0 aliphatic carbocycles. The molecule has 0 amide bonds. The average Bonchev–Trinajstić information content (AvgIpc) is 4.14. The Labute approximate surface area is 432 Å². The third-order valence-corrected chi connectivity index (χ3v) is 14.9. The highest BCUT2D eigenvalue weighted by atomic mass is 15.2. The van der Waals surface area contributed by atoms with Crippen molar-refractivity contribution in [1.29, 1.82) is 0 Å². The Morgan fingerprint density at radius 2 is 0.600 bits per heavy atom. The molecule has 75 heavy (non-hydrogen) atoms. The van der Waals surface area contributed by atoms with E-state index in [9.17, 15) is 0 Å². The smallest absolute Gasteiger partial charge is 0.238 e. The lowest BCUT2D eigenvalue weighted by molar-refractivity contribution is 0.953. The molecule has 6 nitrogen and oxygen atoms in total. The van der Waals surface area contributed by atoms with Crippen LogP contribution >= 0.6 is 0 Å². The summed E-state index contributed by atoms with van der Waals surface area (Å²) < 4.78 is 6.96. The number of benzene rings is 11. The molecule has 0 radical (unpaired) electrons. The zero-order chi connectivity index (χ0) is 49.4. The summed E-state index contributed by atoms with van der Waals surface area (Å²) in [7, 11) is 0. The van der Waals surface area contributed by atoms with Crippen molar-refractivity contribution < 1.29 is 0 Å². The fourth-order valence-corrected chi connectivity index (χ4v) is 11.5. The number of fused-ring (bicyclic) bond motifs is 9. The third kappa shape index (κ3) is 6.99. The summed E-state index contributed by atoms with van der Waals surface area (Å²) in [5, 5.41) is 7.12.